The third kappa shape index (κ3) is 3.45. The van der Waals surface area contributed by atoms with Crippen molar-refractivity contribution in [3.63, 3.8) is 0 Å². The molecule has 148 valence electrons. The first-order chi connectivity index (χ1) is 14.0. The highest BCUT2D eigenvalue weighted by Crippen LogP contribution is 2.34. The number of thiophene rings is 1. The molecule has 7 heteroatoms. The standard InChI is InChI=1S/C22H20N2O4S/c1-24(18-8-6-16(27-3)12-19(18)28-4)22(25)20-11-14-9-13-10-15(26-2)5-7-17(13)23-21(14)29-20/h5-12H,1-4H3. The zero-order chi connectivity index (χ0) is 20.5. The van der Waals surface area contributed by atoms with E-state index >= 15 is 0 Å². The Morgan fingerprint density at radius 1 is 0.897 bits per heavy atom. The van der Waals surface area contributed by atoms with E-state index in [0.717, 1.165) is 26.9 Å². The average Bonchev–Trinajstić information content (AvgIpc) is 3.18. The van der Waals surface area contributed by atoms with Crippen molar-refractivity contribution in [2.24, 2.45) is 0 Å². The van der Waals surface area contributed by atoms with Crippen molar-refractivity contribution >= 4 is 44.1 Å². The van der Waals surface area contributed by atoms with Gasteiger partial charge in [-0.1, -0.05) is 0 Å². The van der Waals surface area contributed by atoms with Gasteiger partial charge in [-0.2, -0.15) is 0 Å². The quantitative estimate of drug-likeness (QED) is 0.477. The molecule has 0 unspecified atom stereocenters. The van der Waals surface area contributed by atoms with Crippen molar-refractivity contribution in [3.8, 4) is 17.2 Å². The molecule has 4 aromatic rings. The Hall–Kier alpha value is -3.32. The number of ether oxygens (including phenoxy) is 3. The molecule has 0 aliphatic heterocycles. The monoisotopic (exact) mass is 408 g/mol. The van der Waals surface area contributed by atoms with Crippen molar-refractivity contribution in [2.75, 3.05) is 33.3 Å². The number of anilines is 1. The molecule has 0 spiro atoms. The Labute approximate surface area is 172 Å². The molecule has 2 aromatic carbocycles. The van der Waals surface area contributed by atoms with Gasteiger partial charge in [0.1, 0.15) is 22.1 Å². The molecule has 6 nitrogen and oxygen atoms in total. The van der Waals surface area contributed by atoms with Gasteiger partial charge in [-0.15, -0.1) is 11.3 Å². The van der Waals surface area contributed by atoms with Crippen LogP contribution in [0.25, 0.3) is 21.1 Å². The fourth-order valence-electron chi connectivity index (χ4n) is 3.18. The van der Waals surface area contributed by atoms with E-state index in [9.17, 15) is 4.79 Å². The number of nitrogens with zero attached hydrogens (tertiary/aromatic N) is 2. The van der Waals surface area contributed by atoms with E-state index < -0.39 is 0 Å². The van der Waals surface area contributed by atoms with Gasteiger partial charge in [-0.05, 0) is 42.5 Å². The molecular formula is C22H20N2O4S. The summed E-state index contributed by atoms with van der Waals surface area (Å²) in [5.74, 6) is 1.88. The summed E-state index contributed by atoms with van der Waals surface area (Å²) in [7, 11) is 6.52. The molecule has 0 saturated heterocycles. The summed E-state index contributed by atoms with van der Waals surface area (Å²) in [4.78, 5) is 20.8. The normalized spacial score (nSPS) is 10.9. The lowest BCUT2D eigenvalue weighted by molar-refractivity contribution is 0.0996. The number of aromatic nitrogens is 1. The van der Waals surface area contributed by atoms with Crippen LogP contribution in [0.15, 0.2) is 48.5 Å². The van der Waals surface area contributed by atoms with E-state index in [2.05, 4.69) is 0 Å². The van der Waals surface area contributed by atoms with Crippen LogP contribution in [0, 0.1) is 0 Å². The highest BCUT2D eigenvalue weighted by atomic mass is 32.1. The van der Waals surface area contributed by atoms with E-state index in [1.165, 1.54) is 11.3 Å². The van der Waals surface area contributed by atoms with Gasteiger partial charge in [0.05, 0.1) is 37.4 Å². The molecule has 0 fully saturated rings. The van der Waals surface area contributed by atoms with Gasteiger partial charge >= 0.3 is 0 Å². The maximum atomic E-state index is 13.1. The minimum Gasteiger partial charge on any atom is -0.497 e. The minimum atomic E-state index is -0.127. The molecule has 29 heavy (non-hydrogen) atoms. The number of fused-ring (bicyclic) bond motifs is 2. The number of hydrogen-bond acceptors (Lipinski definition) is 6. The predicted molar refractivity (Wildman–Crippen MR) is 116 cm³/mol. The fourth-order valence-corrected chi connectivity index (χ4v) is 4.18. The molecule has 0 radical (unpaired) electrons. The summed E-state index contributed by atoms with van der Waals surface area (Å²) in [6.45, 7) is 0. The summed E-state index contributed by atoms with van der Waals surface area (Å²) >= 11 is 1.38. The first-order valence-electron chi connectivity index (χ1n) is 8.92. The van der Waals surface area contributed by atoms with Crippen LogP contribution in [0.3, 0.4) is 0 Å². The van der Waals surface area contributed by atoms with E-state index in [-0.39, 0.29) is 5.91 Å². The Balaban J connectivity index is 1.72. The molecule has 0 aliphatic carbocycles. The molecule has 0 N–H and O–H groups in total. The second-order valence-corrected chi connectivity index (χ2v) is 7.48. The third-order valence-corrected chi connectivity index (χ3v) is 5.80. The number of rotatable bonds is 5. The Bertz CT molecular complexity index is 1220. The van der Waals surface area contributed by atoms with Crippen molar-refractivity contribution in [2.45, 2.75) is 0 Å². The summed E-state index contributed by atoms with van der Waals surface area (Å²) in [5.41, 5.74) is 1.53. The van der Waals surface area contributed by atoms with E-state index in [4.69, 9.17) is 19.2 Å². The van der Waals surface area contributed by atoms with Crippen LogP contribution in [0.1, 0.15) is 9.67 Å². The summed E-state index contributed by atoms with van der Waals surface area (Å²) in [6.07, 6.45) is 0. The van der Waals surface area contributed by atoms with Crippen molar-refractivity contribution in [3.05, 3.63) is 53.4 Å². The molecule has 4 rings (SSSR count). The number of carbonyl (C=O) groups is 1. The number of amides is 1. The molecule has 2 heterocycles. The maximum Gasteiger partial charge on any atom is 0.268 e. The van der Waals surface area contributed by atoms with Crippen LogP contribution < -0.4 is 19.1 Å². The van der Waals surface area contributed by atoms with E-state index in [0.29, 0.717) is 22.1 Å². The SMILES string of the molecule is COc1ccc(N(C)C(=O)c2cc3cc4cc(OC)ccc4nc3s2)c(OC)c1. The van der Waals surface area contributed by atoms with Gasteiger partial charge in [0.25, 0.3) is 5.91 Å². The lowest BCUT2D eigenvalue weighted by Gasteiger charge is -2.19. The van der Waals surface area contributed by atoms with Gasteiger partial charge in [0.15, 0.2) is 0 Å². The van der Waals surface area contributed by atoms with Gasteiger partial charge in [0.2, 0.25) is 0 Å². The Morgan fingerprint density at radius 2 is 1.62 bits per heavy atom. The van der Waals surface area contributed by atoms with Crippen LogP contribution in [0.4, 0.5) is 5.69 Å². The second kappa shape index (κ2) is 7.60. The Morgan fingerprint density at radius 3 is 2.34 bits per heavy atom. The third-order valence-electron chi connectivity index (χ3n) is 4.77. The number of methoxy groups -OCH3 is 3. The highest BCUT2D eigenvalue weighted by Gasteiger charge is 2.20. The van der Waals surface area contributed by atoms with Gasteiger partial charge < -0.3 is 19.1 Å². The topological polar surface area (TPSA) is 60.9 Å². The molecule has 0 saturated carbocycles. The van der Waals surface area contributed by atoms with Crippen molar-refractivity contribution < 1.29 is 19.0 Å². The summed E-state index contributed by atoms with van der Waals surface area (Å²) in [5, 5.41) is 1.90. The number of hydrogen-bond donors (Lipinski definition) is 0. The fraction of sp³-hybridized carbons (Fsp3) is 0.182. The first-order valence-corrected chi connectivity index (χ1v) is 9.74. The lowest BCUT2D eigenvalue weighted by atomic mass is 10.2. The molecular weight excluding hydrogens is 388 g/mol. The summed E-state index contributed by atoms with van der Waals surface area (Å²) < 4.78 is 16.0. The first kappa shape index (κ1) is 19.0. The van der Waals surface area contributed by atoms with Gasteiger partial charge in [0, 0.05) is 23.9 Å². The number of pyridine rings is 1. The average molecular weight is 408 g/mol. The summed E-state index contributed by atoms with van der Waals surface area (Å²) in [6, 6.07) is 15.0. The number of carbonyl (C=O) groups excluding carboxylic acids is 1. The lowest BCUT2D eigenvalue weighted by Crippen LogP contribution is -2.25. The van der Waals surface area contributed by atoms with E-state index in [1.54, 1.807) is 45.4 Å². The van der Waals surface area contributed by atoms with Crippen LogP contribution in [-0.2, 0) is 0 Å². The van der Waals surface area contributed by atoms with Crippen LogP contribution >= 0.6 is 11.3 Å². The second-order valence-electron chi connectivity index (χ2n) is 6.45. The van der Waals surface area contributed by atoms with Gasteiger partial charge in [-0.25, -0.2) is 4.98 Å². The molecule has 2 aromatic heterocycles. The van der Waals surface area contributed by atoms with Crippen molar-refractivity contribution in [1.82, 2.24) is 4.98 Å². The largest absolute Gasteiger partial charge is 0.497 e. The molecule has 0 bridgehead atoms. The van der Waals surface area contributed by atoms with Crippen LogP contribution in [-0.4, -0.2) is 39.3 Å². The zero-order valence-electron chi connectivity index (χ0n) is 16.6. The number of benzene rings is 2. The van der Waals surface area contributed by atoms with E-state index in [1.807, 2.05) is 36.4 Å². The Kier molecular flexibility index (Phi) is 4.98. The maximum absolute atomic E-state index is 13.1. The molecule has 1 amide bonds. The van der Waals surface area contributed by atoms with Crippen LogP contribution in [0.5, 0.6) is 17.2 Å². The minimum absolute atomic E-state index is 0.127. The van der Waals surface area contributed by atoms with Gasteiger partial charge in [-0.3, -0.25) is 4.79 Å². The van der Waals surface area contributed by atoms with Crippen molar-refractivity contribution in [1.29, 1.82) is 0 Å². The molecule has 0 aliphatic rings. The highest BCUT2D eigenvalue weighted by molar-refractivity contribution is 7.20. The zero-order valence-corrected chi connectivity index (χ0v) is 17.4. The molecule has 0 atom stereocenters. The predicted octanol–water partition coefficient (Wildman–Crippen LogP) is 4.75. The van der Waals surface area contributed by atoms with Crippen LogP contribution in [0.2, 0.25) is 0 Å². The smallest absolute Gasteiger partial charge is 0.268 e.